The molecular weight excluding hydrogens is 715 g/mol. The summed E-state index contributed by atoms with van der Waals surface area (Å²) in [7, 11) is 0. The van der Waals surface area contributed by atoms with Gasteiger partial charge < -0.3 is 9.13 Å². The molecule has 3 nitrogen and oxygen atoms in total. The quantitative estimate of drug-likeness (QED) is 0.165. The summed E-state index contributed by atoms with van der Waals surface area (Å²) >= 11 is 0. The highest BCUT2D eigenvalue weighted by Crippen LogP contribution is 2.51. The predicted molar refractivity (Wildman–Crippen MR) is 249 cm³/mol. The summed E-state index contributed by atoms with van der Waals surface area (Å²) < 4.78 is 4.72. The Kier molecular flexibility index (Phi) is 7.27. The van der Waals surface area contributed by atoms with Gasteiger partial charge in [-0.15, -0.1) is 0 Å². The van der Waals surface area contributed by atoms with E-state index in [0.717, 1.165) is 39.2 Å². The van der Waals surface area contributed by atoms with Crippen LogP contribution >= 0.6 is 0 Å². The van der Waals surface area contributed by atoms with E-state index in [9.17, 15) is 0 Å². The molecule has 11 aromatic rings. The molecule has 3 heterocycles. The molecule has 1 aliphatic carbocycles. The minimum Gasteiger partial charge on any atom is -0.316 e. The van der Waals surface area contributed by atoms with Crippen molar-refractivity contribution >= 4 is 65.0 Å². The van der Waals surface area contributed by atoms with Crippen molar-refractivity contribution in [1.82, 2.24) is 14.1 Å². The maximum Gasteiger partial charge on any atom is 0.0753 e. The molecule has 0 N–H and O–H groups in total. The molecule has 12 rings (SSSR count). The number of para-hydroxylation sites is 3. The normalized spacial score (nSPS) is 13.1. The van der Waals surface area contributed by atoms with Crippen LogP contribution in [0.2, 0.25) is 0 Å². The highest BCUT2D eigenvalue weighted by Gasteiger charge is 2.37. The second-order valence-electron chi connectivity index (χ2n) is 16.4. The van der Waals surface area contributed by atoms with Crippen LogP contribution in [0.25, 0.3) is 98.9 Å². The smallest absolute Gasteiger partial charge is 0.0753 e. The summed E-state index contributed by atoms with van der Waals surface area (Å²) in [5.41, 5.74) is 12.2. The van der Waals surface area contributed by atoms with Crippen molar-refractivity contribution in [1.29, 1.82) is 0 Å². The van der Waals surface area contributed by atoms with Crippen LogP contribution in [0.15, 0.2) is 200 Å². The Balaban J connectivity index is 1.14. The third-order valence-electron chi connectivity index (χ3n) is 12.7. The first kappa shape index (κ1) is 33.6. The summed E-state index contributed by atoms with van der Waals surface area (Å²) in [6, 6.07) is 70.7. The van der Waals surface area contributed by atoms with Gasteiger partial charge in [-0.3, -0.25) is 0 Å². The SMILES string of the molecule is CC1(C)c2cc3c4ccccc4c4ccccc4c3cc2-c2nc(-c3cc(-n4ccccccc5ccccc54)cc(-n4c5ccccc5c5ccccc54)c3)ccc21. The number of hydrogen-bond acceptors (Lipinski definition) is 1. The summed E-state index contributed by atoms with van der Waals surface area (Å²) in [5, 5.41) is 11.3. The monoisotopic (exact) mass is 753 g/mol. The number of hydrogen-bond donors (Lipinski definition) is 0. The first-order valence-electron chi connectivity index (χ1n) is 20.5. The van der Waals surface area contributed by atoms with Gasteiger partial charge in [-0.05, 0) is 109 Å². The van der Waals surface area contributed by atoms with E-state index in [0.29, 0.717) is 0 Å². The standard InChI is InChI=1S/C56H39N3/c1-56(2)49-28-29-51(57-55(49)48-34-46-42-21-9-7-19-40(42)41-20-8-10-22-43(41)47(46)35-50(48)56)37-31-38(58-30-16-4-3-5-17-36-18-6-13-25-52(36)58)33-39(32-37)59-53-26-14-11-23-44(53)45-24-12-15-27-54(45)59/h3-35H,1-2H3. The molecule has 0 unspecified atom stereocenters. The van der Waals surface area contributed by atoms with Crippen LogP contribution in [0.1, 0.15) is 25.0 Å². The van der Waals surface area contributed by atoms with Crippen molar-refractivity contribution in [2.45, 2.75) is 19.3 Å². The molecule has 278 valence electrons. The summed E-state index contributed by atoms with van der Waals surface area (Å²) in [6.07, 6.45) is 2.17. The van der Waals surface area contributed by atoms with Gasteiger partial charge in [-0.2, -0.15) is 0 Å². The van der Waals surface area contributed by atoms with Crippen LogP contribution in [0.5, 0.6) is 0 Å². The zero-order chi connectivity index (χ0) is 39.2. The summed E-state index contributed by atoms with van der Waals surface area (Å²) in [5.74, 6) is 0. The van der Waals surface area contributed by atoms with Crippen molar-refractivity contribution in [2.24, 2.45) is 0 Å². The minimum absolute atomic E-state index is 0.217. The molecule has 3 heteroatoms. The number of rotatable bonds is 3. The lowest BCUT2D eigenvalue weighted by Crippen LogP contribution is -2.15. The maximum atomic E-state index is 5.67. The molecule has 0 amide bonds. The lowest BCUT2D eigenvalue weighted by Gasteiger charge is -2.22. The van der Waals surface area contributed by atoms with Crippen LogP contribution in [0, 0.1) is 0 Å². The van der Waals surface area contributed by atoms with Crippen molar-refractivity contribution in [3.63, 3.8) is 0 Å². The first-order valence-corrected chi connectivity index (χ1v) is 20.5. The van der Waals surface area contributed by atoms with Gasteiger partial charge in [0.1, 0.15) is 0 Å². The molecule has 8 aromatic carbocycles. The van der Waals surface area contributed by atoms with E-state index in [1.54, 1.807) is 0 Å². The number of aromatic nitrogens is 3. The average Bonchev–Trinajstić information content (AvgIpc) is 3.77. The molecular formula is C56H39N3. The van der Waals surface area contributed by atoms with Crippen LogP contribution < -0.4 is 0 Å². The van der Waals surface area contributed by atoms with E-state index < -0.39 is 0 Å². The molecule has 0 fully saturated rings. The molecule has 0 aliphatic heterocycles. The third kappa shape index (κ3) is 5.04. The van der Waals surface area contributed by atoms with Crippen LogP contribution in [-0.2, 0) is 5.41 Å². The highest BCUT2D eigenvalue weighted by molar-refractivity contribution is 6.26. The number of benzene rings is 8. The fourth-order valence-corrected chi connectivity index (χ4v) is 9.93. The average molecular weight is 754 g/mol. The number of nitrogens with zero attached hydrogens (tertiary/aromatic N) is 3. The van der Waals surface area contributed by atoms with E-state index in [2.05, 4.69) is 223 Å². The van der Waals surface area contributed by atoms with Crippen molar-refractivity contribution < 1.29 is 0 Å². The second-order valence-corrected chi connectivity index (χ2v) is 16.4. The molecule has 0 spiro atoms. The van der Waals surface area contributed by atoms with Gasteiger partial charge in [0.05, 0.1) is 27.9 Å². The highest BCUT2D eigenvalue weighted by atomic mass is 15.0. The third-order valence-corrected chi connectivity index (χ3v) is 12.7. The van der Waals surface area contributed by atoms with E-state index >= 15 is 0 Å². The molecule has 1 aliphatic rings. The van der Waals surface area contributed by atoms with E-state index in [4.69, 9.17) is 4.98 Å². The van der Waals surface area contributed by atoms with Crippen LogP contribution in [-0.4, -0.2) is 14.1 Å². The number of fused-ring (bicyclic) bond motifs is 13. The van der Waals surface area contributed by atoms with Crippen molar-refractivity contribution in [3.05, 3.63) is 211 Å². The first-order chi connectivity index (χ1) is 29.0. The number of pyridine rings is 1. The molecule has 0 bridgehead atoms. The fraction of sp³-hybridized carbons (Fsp3) is 0.0536. The Bertz CT molecular complexity index is 3550. The molecule has 0 saturated carbocycles. The van der Waals surface area contributed by atoms with Crippen LogP contribution in [0.4, 0.5) is 0 Å². The lowest BCUT2D eigenvalue weighted by molar-refractivity contribution is 0.660. The zero-order valence-electron chi connectivity index (χ0n) is 32.9. The predicted octanol–water partition coefficient (Wildman–Crippen LogP) is 14.7. The molecule has 0 radical (unpaired) electrons. The molecule has 0 saturated heterocycles. The Morgan fingerprint density at radius 1 is 0.407 bits per heavy atom. The van der Waals surface area contributed by atoms with E-state index in [1.807, 2.05) is 0 Å². The summed E-state index contributed by atoms with van der Waals surface area (Å²) in [6.45, 7) is 4.71. The van der Waals surface area contributed by atoms with E-state index in [-0.39, 0.29) is 5.41 Å². The van der Waals surface area contributed by atoms with Gasteiger partial charge in [0, 0.05) is 44.9 Å². The lowest BCUT2D eigenvalue weighted by atomic mass is 9.81. The largest absolute Gasteiger partial charge is 0.316 e. The summed E-state index contributed by atoms with van der Waals surface area (Å²) in [4.78, 5) is 5.67. The van der Waals surface area contributed by atoms with Gasteiger partial charge in [0.15, 0.2) is 0 Å². The van der Waals surface area contributed by atoms with Gasteiger partial charge in [-0.25, -0.2) is 4.98 Å². The topological polar surface area (TPSA) is 22.8 Å². The molecule has 3 aromatic heterocycles. The van der Waals surface area contributed by atoms with Crippen molar-refractivity contribution in [3.8, 4) is 33.9 Å². The zero-order valence-corrected chi connectivity index (χ0v) is 32.9. The van der Waals surface area contributed by atoms with Gasteiger partial charge in [0.25, 0.3) is 0 Å². The fourth-order valence-electron chi connectivity index (χ4n) is 9.93. The Morgan fingerprint density at radius 2 is 0.932 bits per heavy atom. The van der Waals surface area contributed by atoms with Gasteiger partial charge in [-0.1, -0.05) is 147 Å². The minimum atomic E-state index is -0.217. The molecule has 0 atom stereocenters. The Labute approximate surface area is 342 Å². The van der Waals surface area contributed by atoms with E-state index in [1.165, 1.54) is 70.8 Å². The Hall–Kier alpha value is -7.49. The van der Waals surface area contributed by atoms with Crippen molar-refractivity contribution in [2.75, 3.05) is 0 Å². The maximum absolute atomic E-state index is 5.67. The van der Waals surface area contributed by atoms with Gasteiger partial charge in [0.2, 0.25) is 0 Å². The van der Waals surface area contributed by atoms with Gasteiger partial charge >= 0.3 is 0 Å². The Morgan fingerprint density at radius 3 is 1.61 bits per heavy atom. The van der Waals surface area contributed by atoms with Crippen LogP contribution in [0.3, 0.4) is 0 Å². The second kappa shape index (κ2) is 12.8. The molecule has 59 heavy (non-hydrogen) atoms.